The van der Waals surface area contributed by atoms with E-state index in [1.807, 2.05) is 0 Å². The van der Waals surface area contributed by atoms with E-state index in [9.17, 15) is 0 Å². The number of para-hydroxylation sites is 1. The summed E-state index contributed by atoms with van der Waals surface area (Å²) in [5.41, 5.74) is 4.20. The van der Waals surface area contributed by atoms with E-state index in [1.165, 1.54) is 27.6 Å². The largest absolute Gasteiger partial charge is 0.347 e. The van der Waals surface area contributed by atoms with Gasteiger partial charge < -0.3 is 4.90 Å². The standard InChI is InChI=1S/C25H26NP/c1-25(2)22-16-10-11-17-23(22)26(3)24(25)18-19-27(20-12-6-4-7-13-20)21-14-8-5-9-15-21/h4-18H,19H2,1-3H3/b24-18+. The molecular formula is C25H26NP. The van der Waals surface area contributed by atoms with Gasteiger partial charge in [-0.3, -0.25) is 0 Å². The number of likely N-dealkylation sites (N-methyl/N-ethyl adjacent to an activating group) is 1. The highest BCUT2D eigenvalue weighted by molar-refractivity contribution is 7.73. The lowest BCUT2D eigenvalue weighted by Crippen LogP contribution is -2.24. The van der Waals surface area contributed by atoms with E-state index >= 15 is 0 Å². The van der Waals surface area contributed by atoms with Crippen molar-refractivity contribution < 1.29 is 0 Å². The molecule has 1 aliphatic rings. The monoisotopic (exact) mass is 371 g/mol. The van der Waals surface area contributed by atoms with Gasteiger partial charge in [-0.05, 0) is 36.3 Å². The number of hydrogen-bond donors (Lipinski definition) is 0. The van der Waals surface area contributed by atoms with Crippen LogP contribution in [0.25, 0.3) is 0 Å². The first-order valence-electron chi connectivity index (χ1n) is 9.50. The van der Waals surface area contributed by atoms with Crippen LogP contribution in [0.5, 0.6) is 0 Å². The highest BCUT2D eigenvalue weighted by Crippen LogP contribution is 2.47. The third-order valence-corrected chi connectivity index (χ3v) is 7.93. The lowest BCUT2D eigenvalue weighted by atomic mass is 9.84. The molecule has 0 aliphatic carbocycles. The van der Waals surface area contributed by atoms with Gasteiger partial charge in [0.1, 0.15) is 0 Å². The number of hydrogen-bond acceptors (Lipinski definition) is 1. The topological polar surface area (TPSA) is 3.24 Å². The molecule has 0 radical (unpaired) electrons. The molecule has 2 heteroatoms. The molecule has 3 aromatic carbocycles. The van der Waals surface area contributed by atoms with E-state index in [-0.39, 0.29) is 5.41 Å². The van der Waals surface area contributed by atoms with Crippen molar-refractivity contribution in [1.82, 2.24) is 0 Å². The SMILES string of the molecule is CN1/C(=C/CP(c2ccccc2)c2ccccc2)C(C)(C)c2ccccc21. The summed E-state index contributed by atoms with van der Waals surface area (Å²) in [7, 11) is 1.79. The summed E-state index contributed by atoms with van der Waals surface area (Å²) >= 11 is 0. The van der Waals surface area contributed by atoms with Crippen molar-refractivity contribution in [3.8, 4) is 0 Å². The lowest BCUT2D eigenvalue weighted by molar-refractivity contribution is 0.639. The van der Waals surface area contributed by atoms with Gasteiger partial charge in [0.05, 0.1) is 0 Å². The molecule has 27 heavy (non-hydrogen) atoms. The van der Waals surface area contributed by atoms with Crippen molar-refractivity contribution in [2.75, 3.05) is 18.1 Å². The number of allylic oxidation sites excluding steroid dienone is 2. The summed E-state index contributed by atoms with van der Waals surface area (Å²) in [6.07, 6.45) is 3.53. The number of nitrogens with zero attached hydrogens (tertiary/aromatic N) is 1. The van der Waals surface area contributed by atoms with Crippen LogP contribution in [0.15, 0.2) is 96.7 Å². The maximum absolute atomic E-state index is 2.48. The predicted octanol–water partition coefficient (Wildman–Crippen LogP) is 5.43. The second-order valence-corrected chi connectivity index (χ2v) is 9.83. The summed E-state index contributed by atoms with van der Waals surface area (Å²) in [6.45, 7) is 4.68. The second kappa shape index (κ2) is 7.33. The fourth-order valence-corrected chi connectivity index (χ4v) is 6.27. The van der Waals surface area contributed by atoms with Gasteiger partial charge >= 0.3 is 0 Å². The molecule has 3 aromatic rings. The van der Waals surface area contributed by atoms with Gasteiger partial charge in [0.25, 0.3) is 0 Å². The summed E-state index contributed by atoms with van der Waals surface area (Å²) in [4.78, 5) is 2.37. The minimum Gasteiger partial charge on any atom is -0.347 e. The summed E-state index contributed by atoms with van der Waals surface area (Å²) < 4.78 is 0. The first-order valence-corrected chi connectivity index (χ1v) is 11.0. The third-order valence-electron chi connectivity index (χ3n) is 5.54. The van der Waals surface area contributed by atoms with Crippen LogP contribution in [0.3, 0.4) is 0 Å². The molecule has 0 bridgehead atoms. The van der Waals surface area contributed by atoms with Gasteiger partial charge in [0, 0.05) is 23.8 Å². The molecule has 0 saturated heterocycles. The smallest absolute Gasteiger partial charge is 0.0447 e. The van der Waals surface area contributed by atoms with Crippen LogP contribution < -0.4 is 15.5 Å². The molecule has 136 valence electrons. The molecule has 0 amide bonds. The molecule has 1 heterocycles. The van der Waals surface area contributed by atoms with Gasteiger partial charge in [-0.15, -0.1) is 0 Å². The molecule has 0 atom stereocenters. The Morgan fingerprint density at radius 1 is 0.778 bits per heavy atom. The first kappa shape index (κ1) is 18.0. The van der Waals surface area contributed by atoms with Gasteiger partial charge in [-0.25, -0.2) is 0 Å². The molecule has 1 aliphatic heterocycles. The van der Waals surface area contributed by atoms with Crippen LogP contribution in [0, 0.1) is 0 Å². The van der Waals surface area contributed by atoms with Crippen molar-refractivity contribution in [3.05, 3.63) is 102 Å². The number of anilines is 1. The first-order chi connectivity index (χ1) is 13.1. The highest BCUT2D eigenvalue weighted by atomic mass is 31.1. The Labute approximate surface area is 164 Å². The van der Waals surface area contributed by atoms with Crippen molar-refractivity contribution in [2.24, 2.45) is 0 Å². The molecule has 0 unspecified atom stereocenters. The quantitative estimate of drug-likeness (QED) is 0.553. The van der Waals surface area contributed by atoms with E-state index in [1.54, 1.807) is 0 Å². The van der Waals surface area contributed by atoms with E-state index in [0.29, 0.717) is 0 Å². The van der Waals surface area contributed by atoms with Gasteiger partial charge in [-0.1, -0.05) is 98.8 Å². The van der Waals surface area contributed by atoms with E-state index in [0.717, 1.165) is 6.16 Å². The summed E-state index contributed by atoms with van der Waals surface area (Å²) in [5.74, 6) is 0. The van der Waals surface area contributed by atoms with Gasteiger partial charge in [0.2, 0.25) is 0 Å². The van der Waals surface area contributed by atoms with Crippen molar-refractivity contribution >= 4 is 24.2 Å². The van der Waals surface area contributed by atoms with Gasteiger partial charge in [0.15, 0.2) is 0 Å². The third kappa shape index (κ3) is 3.33. The Morgan fingerprint density at radius 3 is 1.85 bits per heavy atom. The summed E-state index contributed by atoms with van der Waals surface area (Å²) in [6, 6.07) is 30.7. The number of rotatable bonds is 4. The number of fused-ring (bicyclic) bond motifs is 1. The second-order valence-electron chi connectivity index (χ2n) is 7.57. The highest BCUT2D eigenvalue weighted by Gasteiger charge is 2.38. The average Bonchev–Trinajstić information content (AvgIpc) is 2.90. The van der Waals surface area contributed by atoms with Crippen molar-refractivity contribution in [1.29, 1.82) is 0 Å². The minimum absolute atomic E-state index is 0.0414. The number of benzene rings is 3. The normalized spacial score (nSPS) is 16.7. The molecule has 0 aromatic heterocycles. The van der Waals surface area contributed by atoms with E-state index in [4.69, 9.17) is 0 Å². The Kier molecular flexibility index (Phi) is 4.89. The zero-order valence-electron chi connectivity index (χ0n) is 16.3. The van der Waals surface area contributed by atoms with E-state index < -0.39 is 7.92 Å². The Bertz CT molecular complexity index is 905. The molecule has 0 spiro atoms. The van der Waals surface area contributed by atoms with E-state index in [2.05, 4.69) is 117 Å². The van der Waals surface area contributed by atoms with Crippen molar-refractivity contribution in [2.45, 2.75) is 19.3 Å². The molecule has 0 saturated carbocycles. The molecule has 0 fully saturated rings. The van der Waals surface area contributed by atoms with Gasteiger partial charge in [-0.2, -0.15) is 0 Å². The lowest BCUT2D eigenvalue weighted by Gasteiger charge is -2.26. The van der Waals surface area contributed by atoms with Crippen LogP contribution in [0.1, 0.15) is 19.4 Å². The molecular weight excluding hydrogens is 345 g/mol. The zero-order chi connectivity index (χ0) is 18.9. The Morgan fingerprint density at radius 2 is 1.30 bits per heavy atom. The maximum atomic E-state index is 2.48. The maximum Gasteiger partial charge on any atom is 0.0447 e. The average molecular weight is 371 g/mol. The zero-order valence-corrected chi connectivity index (χ0v) is 17.2. The van der Waals surface area contributed by atoms with Crippen LogP contribution in [0.4, 0.5) is 5.69 Å². The minimum atomic E-state index is -0.407. The van der Waals surface area contributed by atoms with Crippen molar-refractivity contribution in [3.63, 3.8) is 0 Å². The van der Waals surface area contributed by atoms with Crippen LogP contribution in [-0.2, 0) is 5.41 Å². The fraction of sp³-hybridized carbons (Fsp3) is 0.200. The fourth-order valence-electron chi connectivity index (χ4n) is 4.13. The van der Waals surface area contributed by atoms with Crippen LogP contribution >= 0.6 is 7.92 Å². The predicted molar refractivity (Wildman–Crippen MR) is 120 cm³/mol. The summed E-state index contributed by atoms with van der Waals surface area (Å²) in [5, 5.41) is 2.87. The molecule has 0 N–H and O–H groups in total. The van der Waals surface area contributed by atoms with Crippen LogP contribution in [-0.4, -0.2) is 13.2 Å². The molecule has 4 rings (SSSR count). The Hall–Kier alpha value is -2.37. The Balaban J connectivity index is 1.71. The molecule has 1 nitrogen and oxygen atoms in total. The van der Waals surface area contributed by atoms with Crippen LogP contribution in [0.2, 0.25) is 0 Å².